The molecule has 0 bridgehead atoms. The van der Waals surface area contributed by atoms with Crippen LogP contribution in [0.3, 0.4) is 0 Å². The van der Waals surface area contributed by atoms with Crippen molar-refractivity contribution >= 4 is 0 Å². The van der Waals surface area contributed by atoms with Gasteiger partial charge in [-0.25, -0.2) is 9.97 Å². The predicted molar refractivity (Wildman–Crippen MR) is 77.0 cm³/mol. The summed E-state index contributed by atoms with van der Waals surface area (Å²) in [5.41, 5.74) is 7.25. The van der Waals surface area contributed by atoms with Crippen LogP contribution in [0.4, 0.5) is 0 Å². The summed E-state index contributed by atoms with van der Waals surface area (Å²) in [5, 5.41) is 3.89. The summed E-state index contributed by atoms with van der Waals surface area (Å²) in [5.74, 6) is 1.41. The van der Waals surface area contributed by atoms with Gasteiger partial charge in [-0.05, 0) is 18.1 Å². The molecule has 3 aromatic rings. The van der Waals surface area contributed by atoms with Crippen LogP contribution < -0.4 is 5.73 Å². The third kappa shape index (κ3) is 3.29. The van der Waals surface area contributed by atoms with Crippen molar-refractivity contribution in [3.05, 3.63) is 60.2 Å². The molecule has 1 atom stereocenters. The lowest BCUT2D eigenvalue weighted by Crippen LogP contribution is -2.11. The molecule has 106 valence electrons. The van der Waals surface area contributed by atoms with Crippen LogP contribution in [0, 0.1) is 0 Å². The molecule has 2 aromatic heterocycles. The molecule has 0 saturated carbocycles. The Bertz CT molecular complexity index is 684. The lowest BCUT2D eigenvalue weighted by molar-refractivity contribution is 0.371. The third-order valence-corrected chi connectivity index (χ3v) is 3.13. The number of aromatic nitrogens is 4. The van der Waals surface area contributed by atoms with Crippen LogP contribution in [0.15, 0.2) is 53.3 Å². The lowest BCUT2D eigenvalue weighted by atomic mass is 10.0. The minimum absolute atomic E-state index is 0.0467. The normalized spacial score (nSPS) is 12.2. The molecule has 0 amide bonds. The number of nitrogens with zero attached hydrogens (tertiary/aromatic N) is 4. The first-order chi connectivity index (χ1) is 10.3. The van der Waals surface area contributed by atoms with Gasteiger partial charge in [0.15, 0.2) is 0 Å². The van der Waals surface area contributed by atoms with E-state index in [0.717, 1.165) is 12.0 Å². The van der Waals surface area contributed by atoms with Crippen molar-refractivity contribution in [2.45, 2.75) is 18.9 Å². The summed E-state index contributed by atoms with van der Waals surface area (Å²) in [6.07, 6.45) is 4.64. The molecule has 0 aliphatic rings. The zero-order valence-electron chi connectivity index (χ0n) is 11.4. The van der Waals surface area contributed by atoms with Crippen LogP contribution in [-0.4, -0.2) is 20.1 Å². The van der Waals surface area contributed by atoms with E-state index in [4.69, 9.17) is 10.3 Å². The average Bonchev–Trinajstić information content (AvgIpc) is 3.03. The minimum atomic E-state index is -0.0467. The quantitative estimate of drug-likeness (QED) is 0.770. The Labute approximate surface area is 122 Å². The van der Waals surface area contributed by atoms with Crippen LogP contribution in [0.25, 0.3) is 11.6 Å². The maximum atomic E-state index is 6.15. The largest absolute Gasteiger partial charge is 0.339 e. The molecule has 0 spiro atoms. The first kappa shape index (κ1) is 13.4. The van der Waals surface area contributed by atoms with Gasteiger partial charge in [0.2, 0.25) is 17.5 Å². The summed E-state index contributed by atoms with van der Waals surface area (Å²) in [7, 11) is 0. The molecule has 2 heterocycles. The van der Waals surface area contributed by atoms with Crippen molar-refractivity contribution in [2.24, 2.45) is 5.73 Å². The lowest BCUT2D eigenvalue weighted by Gasteiger charge is -2.09. The Hall–Kier alpha value is -2.60. The van der Waals surface area contributed by atoms with Crippen molar-refractivity contribution in [3.63, 3.8) is 0 Å². The van der Waals surface area contributed by atoms with Crippen LogP contribution in [0.5, 0.6) is 0 Å². The summed E-state index contributed by atoms with van der Waals surface area (Å²) in [4.78, 5) is 12.5. The summed E-state index contributed by atoms with van der Waals surface area (Å²) < 4.78 is 5.21. The molecule has 3 rings (SSSR count). The van der Waals surface area contributed by atoms with Crippen LogP contribution in [0.1, 0.15) is 23.9 Å². The Kier molecular flexibility index (Phi) is 3.97. The molecule has 1 aromatic carbocycles. The van der Waals surface area contributed by atoms with Crippen molar-refractivity contribution in [3.8, 4) is 11.6 Å². The zero-order chi connectivity index (χ0) is 14.5. The molecular formula is C15H15N5O. The highest BCUT2D eigenvalue weighted by molar-refractivity contribution is 5.40. The van der Waals surface area contributed by atoms with Crippen molar-refractivity contribution in [1.29, 1.82) is 0 Å². The molecule has 0 aliphatic heterocycles. The van der Waals surface area contributed by atoms with Gasteiger partial charge in [0, 0.05) is 24.9 Å². The first-order valence-electron chi connectivity index (χ1n) is 6.73. The van der Waals surface area contributed by atoms with E-state index in [-0.39, 0.29) is 6.04 Å². The van der Waals surface area contributed by atoms with Crippen LogP contribution in [0.2, 0.25) is 0 Å². The van der Waals surface area contributed by atoms with Gasteiger partial charge in [-0.1, -0.05) is 35.5 Å². The van der Waals surface area contributed by atoms with E-state index < -0.39 is 0 Å². The Morgan fingerprint density at radius 2 is 1.76 bits per heavy atom. The van der Waals surface area contributed by atoms with Gasteiger partial charge in [-0.2, -0.15) is 4.98 Å². The monoisotopic (exact) mass is 281 g/mol. The predicted octanol–water partition coefficient (Wildman–Crippen LogP) is 2.16. The number of hydrogen-bond donors (Lipinski definition) is 1. The second-order valence-electron chi connectivity index (χ2n) is 4.64. The number of benzene rings is 1. The van der Waals surface area contributed by atoms with E-state index >= 15 is 0 Å². The van der Waals surface area contributed by atoms with Crippen LogP contribution >= 0.6 is 0 Å². The molecule has 2 N–H and O–H groups in total. The molecule has 21 heavy (non-hydrogen) atoms. The van der Waals surface area contributed by atoms with Crippen molar-refractivity contribution in [2.75, 3.05) is 0 Å². The maximum Gasteiger partial charge on any atom is 0.240 e. The smallest absolute Gasteiger partial charge is 0.240 e. The minimum Gasteiger partial charge on any atom is -0.339 e. The SMILES string of the molecule is NC(CCc1nc(-c2ncccn2)no1)c1ccccc1. The topological polar surface area (TPSA) is 90.7 Å². The fourth-order valence-corrected chi connectivity index (χ4v) is 2.01. The van der Waals surface area contributed by atoms with Gasteiger partial charge in [0.25, 0.3) is 0 Å². The van der Waals surface area contributed by atoms with Gasteiger partial charge >= 0.3 is 0 Å². The third-order valence-electron chi connectivity index (χ3n) is 3.13. The summed E-state index contributed by atoms with van der Waals surface area (Å²) in [6, 6.07) is 11.7. The van der Waals surface area contributed by atoms with E-state index in [2.05, 4.69) is 20.1 Å². The second-order valence-corrected chi connectivity index (χ2v) is 4.64. The standard InChI is InChI=1S/C15H15N5O/c16-12(11-5-2-1-3-6-11)7-8-13-19-15(20-21-13)14-17-9-4-10-18-14/h1-6,9-10,12H,7-8,16H2. The molecule has 0 aliphatic carbocycles. The molecule has 0 fully saturated rings. The molecule has 1 unspecified atom stereocenters. The Morgan fingerprint density at radius 3 is 2.52 bits per heavy atom. The highest BCUT2D eigenvalue weighted by Crippen LogP contribution is 2.17. The summed E-state index contributed by atoms with van der Waals surface area (Å²) >= 11 is 0. The highest BCUT2D eigenvalue weighted by Gasteiger charge is 2.12. The number of hydrogen-bond acceptors (Lipinski definition) is 6. The molecule has 6 nitrogen and oxygen atoms in total. The Balaban J connectivity index is 1.63. The van der Waals surface area contributed by atoms with E-state index in [1.54, 1.807) is 18.5 Å². The fourth-order valence-electron chi connectivity index (χ4n) is 2.01. The molecule has 0 saturated heterocycles. The van der Waals surface area contributed by atoms with Gasteiger partial charge in [0.1, 0.15) is 0 Å². The van der Waals surface area contributed by atoms with Crippen LogP contribution in [-0.2, 0) is 6.42 Å². The average molecular weight is 281 g/mol. The summed E-state index contributed by atoms with van der Waals surface area (Å²) in [6.45, 7) is 0. The van der Waals surface area contributed by atoms with Gasteiger partial charge < -0.3 is 10.3 Å². The number of aryl methyl sites for hydroxylation is 1. The number of rotatable bonds is 5. The van der Waals surface area contributed by atoms with Gasteiger partial charge in [-0.3, -0.25) is 0 Å². The molecule has 0 radical (unpaired) electrons. The Morgan fingerprint density at radius 1 is 1.00 bits per heavy atom. The van der Waals surface area contributed by atoms with Gasteiger partial charge in [0.05, 0.1) is 0 Å². The maximum absolute atomic E-state index is 6.15. The van der Waals surface area contributed by atoms with Crippen molar-refractivity contribution in [1.82, 2.24) is 20.1 Å². The van der Waals surface area contributed by atoms with E-state index in [9.17, 15) is 0 Å². The van der Waals surface area contributed by atoms with E-state index in [1.165, 1.54) is 0 Å². The zero-order valence-corrected chi connectivity index (χ0v) is 11.4. The second kappa shape index (κ2) is 6.23. The van der Waals surface area contributed by atoms with E-state index in [1.807, 2.05) is 30.3 Å². The molecular weight excluding hydrogens is 266 g/mol. The van der Waals surface area contributed by atoms with E-state index in [0.29, 0.717) is 24.0 Å². The molecule has 6 heteroatoms. The van der Waals surface area contributed by atoms with Crippen molar-refractivity contribution < 1.29 is 4.52 Å². The number of nitrogens with two attached hydrogens (primary N) is 1. The highest BCUT2D eigenvalue weighted by atomic mass is 16.5. The van der Waals surface area contributed by atoms with Gasteiger partial charge in [-0.15, -0.1) is 0 Å². The first-order valence-corrected chi connectivity index (χ1v) is 6.73. The fraction of sp³-hybridized carbons (Fsp3) is 0.200.